The molecule has 0 unspecified atom stereocenters. The lowest BCUT2D eigenvalue weighted by Gasteiger charge is -2.33. The van der Waals surface area contributed by atoms with Crippen LogP contribution in [0.1, 0.15) is 38.8 Å². The van der Waals surface area contributed by atoms with E-state index in [0.717, 1.165) is 22.0 Å². The minimum absolute atomic E-state index is 0.0372. The van der Waals surface area contributed by atoms with Crippen LogP contribution < -0.4 is 9.62 Å². The normalized spacial score (nSPS) is 12.5. The SMILES string of the molecule is Cc1ccc(S(=O)(=O)N(CC(=O)N(Cc2ccc(Cl)c(Cl)c2)[C@@H](C)C(=O)NC(C)(C)C)c2ccc(F)cc2)cc1. The molecule has 0 saturated heterocycles. The first kappa shape index (κ1) is 31.4. The van der Waals surface area contributed by atoms with E-state index in [0.29, 0.717) is 10.6 Å². The largest absolute Gasteiger partial charge is 0.350 e. The molecular weight excluding hydrogens is 576 g/mol. The molecule has 1 N–H and O–H groups in total. The van der Waals surface area contributed by atoms with Gasteiger partial charge in [-0.1, -0.05) is 47.0 Å². The van der Waals surface area contributed by atoms with Crippen molar-refractivity contribution in [1.29, 1.82) is 0 Å². The van der Waals surface area contributed by atoms with Gasteiger partial charge >= 0.3 is 0 Å². The number of aryl methyl sites for hydroxylation is 1. The summed E-state index contributed by atoms with van der Waals surface area (Å²) in [6, 6.07) is 14.8. The summed E-state index contributed by atoms with van der Waals surface area (Å²) in [4.78, 5) is 28.3. The number of benzene rings is 3. The van der Waals surface area contributed by atoms with E-state index in [1.165, 1.54) is 29.2 Å². The van der Waals surface area contributed by atoms with Crippen molar-refractivity contribution in [2.24, 2.45) is 0 Å². The Hall–Kier alpha value is -3.14. The van der Waals surface area contributed by atoms with Gasteiger partial charge in [0.05, 0.1) is 20.6 Å². The number of amides is 2. The first-order valence-corrected chi connectivity index (χ1v) is 14.7. The fraction of sp³-hybridized carbons (Fsp3) is 0.310. The molecule has 0 aliphatic carbocycles. The number of nitrogens with one attached hydrogen (secondary N) is 1. The second kappa shape index (κ2) is 12.6. The van der Waals surface area contributed by atoms with Crippen molar-refractivity contribution in [2.75, 3.05) is 10.8 Å². The van der Waals surface area contributed by atoms with Gasteiger partial charge in [0.2, 0.25) is 11.8 Å². The summed E-state index contributed by atoms with van der Waals surface area (Å²) < 4.78 is 42.2. The fourth-order valence-corrected chi connectivity index (χ4v) is 5.60. The molecule has 3 rings (SSSR count). The molecule has 214 valence electrons. The monoisotopic (exact) mass is 607 g/mol. The van der Waals surface area contributed by atoms with Gasteiger partial charge in [0.15, 0.2) is 0 Å². The highest BCUT2D eigenvalue weighted by Gasteiger charge is 2.33. The van der Waals surface area contributed by atoms with E-state index in [1.54, 1.807) is 37.3 Å². The summed E-state index contributed by atoms with van der Waals surface area (Å²) in [6.07, 6.45) is 0. The van der Waals surface area contributed by atoms with E-state index >= 15 is 0 Å². The average molecular weight is 609 g/mol. The van der Waals surface area contributed by atoms with E-state index in [9.17, 15) is 22.4 Å². The fourth-order valence-electron chi connectivity index (χ4n) is 3.86. The quantitative estimate of drug-likeness (QED) is 0.325. The Labute approximate surface area is 244 Å². The van der Waals surface area contributed by atoms with Crippen LogP contribution in [0.15, 0.2) is 71.6 Å². The predicted octanol–water partition coefficient (Wildman–Crippen LogP) is 5.97. The Kier molecular flexibility index (Phi) is 9.87. The molecule has 0 fully saturated rings. The lowest BCUT2D eigenvalue weighted by Crippen LogP contribution is -2.54. The first-order chi connectivity index (χ1) is 18.6. The van der Waals surface area contributed by atoms with Gasteiger partial charge in [0, 0.05) is 12.1 Å². The molecule has 3 aromatic rings. The molecule has 1 atom stereocenters. The summed E-state index contributed by atoms with van der Waals surface area (Å²) in [5.41, 5.74) is 0.970. The van der Waals surface area contributed by atoms with Gasteiger partial charge in [0.25, 0.3) is 10.0 Å². The third-order valence-electron chi connectivity index (χ3n) is 6.00. The van der Waals surface area contributed by atoms with Gasteiger partial charge in [-0.05, 0) is 88.7 Å². The second-order valence-corrected chi connectivity index (χ2v) is 13.2. The number of hydrogen-bond donors (Lipinski definition) is 1. The minimum Gasteiger partial charge on any atom is -0.350 e. The van der Waals surface area contributed by atoms with E-state index in [4.69, 9.17) is 23.2 Å². The van der Waals surface area contributed by atoms with Crippen LogP contribution in [-0.2, 0) is 26.2 Å². The number of halogens is 3. The molecule has 3 aromatic carbocycles. The van der Waals surface area contributed by atoms with E-state index in [1.807, 2.05) is 27.7 Å². The maximum Gasteiger partial charge on any atom is 0.264 e. The lowest BCUT2D eigenvalue weighted by molar-refractivity contribution is -0.140. The number of carbonyl (C=O) groups is 2. The number of rotatable bonds is 9. The molecule has 40 heavy (non-hydrogen) atoms. The van der Waals surface area contributed by atoms with Crippen LogP contribution in [-0.4, -0.2) is 43.3 Å². The number of sulfonamides is 1. The zero-order chi connectivity index (χ0) is 29.8. The highest BCUT2D eigenvalue weighted by Crippen LogP contribution is 2.27. The van der Waals surface area contributed by atoms with Crippen molar-refractivity contribution in [3.8, 4) is 0 Å². The summed E-state index contributed by atoms with van der Waals surface area (Å²) >= 11 is 12.2. The van der Waals surface area contributed by atoms with Gasteiger partial charge < -0.3 is 10.2 Å². The molecule has 0 saturated carbocycles. The maximum absolute atomic E-state index is 13.9. The molecule has 0 heterocycles. The Morgan fingerprint density at radius 2 is 1.55 bits per heavy atom. The van der Waals surface area contributed by atoms with Crippen molar-refractivity contribution in [2.45, 2.75) is 57.6 Å². The Morgan fingerprint density at radius 3 is 2.10 bits per heavy atom. The lowest BCUT2D eigenvalue weighted by atomic mass is 10.1. The van der Waals surface area contributed by atoms with Gasteiger partial charge in [-0.25, -0.2) is 12.8 Å². The molecular formula is C29H32Cl2FN3O4S. The zero-order valence-electron chi connectivity index (χ0n) is 22.9. The third kappa shape index (κ3) is 7.96. The minimum atomic E-state index is -4.25. The predicted molar refractivity (Wildman–Crippen MR) is 156 cm³/mol. The van der Waals surface area contributed by atoms with Gasteiger partial charge in [0.1, 0.15) is 18.4 Å². The number of carbonyl (C=O) groups excluding carboxylic acids is 2. The van der Waals surface area contributed by atoms with Gasteiger partial charge in [-0.3, -0.25) is 13.9 Å². The van der Waals surface area contributed by atoms with Crippen LogP contribution in [0.3, 0.4) is 0 Å². The summed E-state index contributed by atoms with van der Waals surface area (Å²) in [6.45, 7) is 8.13. The van der Waals surface area contributed by atoms with Gasteiger partial charge in [-0.15, -0.1) is 0 Å². The molecule has 2 amide bonds. The van der Waals surface area contributed by atoms with Crippen molar-refractivity contribution in [3.63, 3.8) is 0 Å². The Bertz CT molecular complexity index is 1470. The molecule has 0 aliphatic rings. The molecule has 0 spiro atoms. The molecule has 7 nitrogen and oxygen atoms in total. The van der Waals surface area contributed by atoms with E-state index < -0.39 is 45.8 Å². The molecule has 11 heteroatoms. The number of nitrogens with zero attached hydrogens (tertiary/aromatic N) is 2. The molecule has 0 aliphatic heterocycles. The van der Waals surface area contributed by atoms with Crippen molar-refractivity contribution < 1.29 is 22.4 Å². The molecule has 0 radical (unpaired) electrons. The maximum atomic E-state index is 13.9. The van der Waals surface area contributed by atoms with Gasteiger partial charge in [-0.2, -0.15) is 0 Å². The van der Waals surface area contributed by atoms with Crippen LogP contribution in [0.25, 0.3) is 0 Å². The zero-order valence-corrected chi connectivity index (χ0v) is 25.2. The Balaban J connectivity index is 2.04. The summed E-state index contributed by atoms with van der Waals surface area (Å²) in [7, 11) is -4.25. The number of anilines is 1. The average Bonchev–Trinajstić information content (AvgIpc) is 2.87. The second-order valence-electron chi connectivity index (χ2n) is 10.5. The van der Waals surface area contributed by atoms with Crippen molar-refractivity contribution in [3.05, 3.63) is 93.7 Å². The van der Waals surface area contributed by atoms with E-state index in [-0.39, 0.29) is 22.2 Å². The molecule has 0 bridgehead atoms. The van der Waals surface area contributed by atoms with Crippen LogP contribution >= 0.6 is 23.2 Å². The van der Waals surface area contributed by atoms with Crippen LogP contribution in [0.5, 0.6) is 0 Å². The summed E-state index contributed by atoms with van der Waals surface area (Å²) in [5.74, 6) is -1.63. The highest BCUT2D eigenvalue weighted by molar-refractivity contribution is 7.92. The smallest absolute Gasteiger partial charge is 0.264 e. The summed E-state index contributed by atoms with van der Waals surface area (Å²) in [5, 5.41) is 3.46. The topological polar surface area (TPSA) is 86.8 Å². The highest BCUT2D eigenvalue weighted by atomic mass is 35.5. The first-order valence-electron chi connectivity index (χ1n) is 12.5. The van der Waals surface area contributed by atoms with E-state index in [2.05, 4.69) is 5.32 Å². The Morgan fingerprint density at radius 1 is 0.950 bits per heavy atom. The van der Waals surface area contributed by atoms with Crippen molar-refractivity contribution >= 4 is 50.7 Å². The molecule has 0 aromatic heterocycles. The number of hydrogen-bond acceptors (Lipinski definition) is 4. The standard InChI is InChI=1S/C29H32Cl2FN3O4S/c1-19-6-13-24(14-7-19)40(38,39)35(23-11-9-22(32)10-12-23)18-27(36)34(20(2)28(37)33-29(3,4)5)17-21-8-15-25(30)26(31)16-21/h6-16,20H,17-18H2,1-5H3,(H,33,37)/t20-/m0/s1. The van der Waals surface area contributed by atoms with Crippen molar-refractivity contribution in [1.82, 2.24) is 10.2 Å². The van der Waals surface area contributed by atoms with Crippen LogP contribution in [0, 0.1) is 12.7 Å². The van der Waals surface area contributed by atoms with Crippen LogP contribution in [0.4, 0.5) is 10.1 Å². The van der Waals surface area contributed by atoms with Crippen LogP contribution in [0.2, 0.25) is 10.0 Å². The third-order valence-corrected chi connectivity index (χ3v) is 8.53.